The summed E-state index contributed by atoms with van der Waals surface area (Å²) in [6.07, 6.45) is 0. The number of aromatic nitrogens is 2. The first kappa shape index (κ1) is 19.2. The minimum Gasteiger partial charge on any atom is -0.490 e. The molecule has 0 aliphatic rings. The first-order valence-electron chi connectivity index (χ1n) is 8.43. The zero-order chi connectivity index (χ0) is 18.9. The Bertz CT molecular complexity index is 871. The molecule has 8 heteroatoms. The Morgan fingerprint density at radius 2 is 1.78 bits per heavy atom. The van der Waals surface area contributed by atoms with Crippen LogP contribution in [0.25, 0.3) is 0 Å². The summed E-state index contributed by atoms with van der Waals surface area (Å²) in [6.45, 7) is 2.75. The number of nitrogens with one attached hydrogen (secondary N) is 1. The Morgan fingerprint density at radius 1 is 1.04 bits per heavy atom. The lowest BCUT2D eigenvalue weighted by Gasteiger charge is -2.11. The number of nitrogens with zero attached hydrogens (tertiary/aromatic N) is 2. The number of anilines is 1. The number of carbonyl (C=O) groups is 1. The predicted molar refractivity (Wildman–Crippen MR) is 108 cm³/mol. The van der Waals surface area contributed by atoms with Crippen LogP contribution in [0.5, 0.6) is 11.5 Å². The Morgan fingerprint density at radius 3 is 2.59 bits per heavy atom. The summed E-state index contributed by atoms with van der Waals surface area (Å²) in [5.41, 5.74) is 0.442. The summed E-state index contributed by atoms with van der Waals surface area (Å²) >= 11 is 2.94. The number of amides is 1. The normalized spacial score (nSPS) is 10.4. The number of rotatable bonds is 9. The molecule has 2 aromatic carbocycles. The second-order valence-corrected chi connectivity index (χ2v) is 7.76. The van der Waals surface area contributed by atoms with Gasteiger partial charge < -0.3 is 9.47 Å². The zero-order valence-electron chi connectivity index (χ0n) is 14.8. The zero-order valence-corrected chi connectivity index (χ0v) is 16.4. The van der Waals surface area contributed by atoms with Gasteiger partial charge in [-0.25, -0.2) is 0 Å². The quantitative estimate of drug-likeness (QED) is 0.326. The molecule has 1 amide bonds. The minimum atomic E-state index is -0.279. The molecule has 0 fully saturated rings. The maximum Gasteiger partial charge on any atom is 0.261 e. The van der Waals surface area contributed by atoms with Crippen LogP contribution in [-0.2, 0) is 0 Å². The van der Waals surface area contributed by atoms with Gasteiger partial charge in [-0.1, -0.05) is 60.4 Å². The van der Waals surface area contributed by atoms with E-state index in [2.05, 4.69) is 15.5 Å². The molecule has 0 aliphatic carbocycles. The molecule has 140 valence electrons. The molecule has 0 bridgehead atoms. The molecular weight excluding hydrogens is 382 g/mol. The maximum atomic E-state index is 12.6. The third-order valence-electron chi connectivity index (χ3n) is 3.38. The smallest absolute Gasteiger partial charge is 0.261 e. The van der Waals surface area contributed by atoms with Gasteiger partial charge in [0.15, 0.2) is 4.34 Å². The van der Waals surface area contributed by atoms with Gasteiger partial charge in [0.1, 0.15) is 24.7 Å². The topological polar surface area (TPSA) is 73.3 Å². The molecule has 0 atom stereocenters. The number of hydrogen-bond donors (Lipinski definition) is 1. The maximum absolute atomic E-state index is 12.6. The van der Waals surface area contributed by atoms with E-state index in [-0.39, 0.29) is 5.91 Å². The molecule has 0 radical (unpaired) electrons. The van der Waals surface area contributed by atoms with E-state index in [4.69, 9.17) is 9.47 Å². The third kappa shape index (κ3) is 5.70. The Balaban J connectivity index is 1.56. The lowest BCUT2D eigenvalue weighted by molar-refractivity contribution is 0.102. The lowest BCUT2D eigenvalue weighted by atomic mass is 10.2. The number of hydrogen-bond acceptors (Lipinski definition) is 7. The average Bonchev–Trinajstić information content (AvgIpc) is 3.13. The first-order valence-corrected chi connectivity index (χ1v) is 10.2. The molecule has 3 aromatic rings. The summed E-state index contributed by atoms with van der Waals surface area (Å²) in [5.74, 6) is 1.91. The standard InChI is InChI=1S/C19H19N3O3S2/c1-2-26-19-22-21-18(27-19)20-17(23)15-10-6-7-11-16(15)25-13-12-24-14-8-4-3-5-9-14/h3-11H,2,12-13H2,1H3,(H,20,21,23). The van der Waals surface area contributed by atoms with E-state index in [1.54, 1.807) is 30.0 Å². The summed E-state index contributed by atoms with van der Waals surface area (Å²) in [6, 6.07) is 16.6. The predicted octanol–water partition coefficient (Wildman–Crippen LogP) is 4.36. The molecule has 1 aromatic heterocycles. The van der Waals surface area contributed by atoms with Crippen LogP contribution < -0.4 is 14.8 Å². The highest BCUT2D eigenvalue weighted by atomic mass is 32.2. The van der Waals surface area contributed by atoms with E-state index in [1.807, 2.05) is 43.3 Å². The highest BCUT2D eigenvalue weighted by Crippen LogP contribution is 2.26. The van der Waals surface area contributed by atoms with Gasteiger partial charge in [-0.05, 0) is 30.0 Å². The molecule has 3 rings (SSSR count). The number of carbonyl (C=O) groups excluding carboxylic acids is 1. The fourth-order valence-corrected chi connectivity index (χ4v) is 3.86. The molecule has 1 heterocycles. The Kier molecular flexibility index (Phi) is 7.06. The SMILES string of the molecule is CCSc1nnc(NC(=O)c2ccccc2OCCOc2ccccc2)s1. The molecule has 6 nitrogen and oxygen atoms in total. The molecule has 0 aliphatic heterocycles. The van der Waals surface area contributed by atoms with Crippen LogP contribution >= 0.6 is 23.1 Å². The monoisotopic (exact) mass is 401 g/mol. The van der Waals surface area contributed by atoms with Gasteiger partial charge in [-0.15, -0.1) is 10.2 Å². The summed E-state index contributed by atoms with van der Waals surface area (Å²) in [7, 11) is 0. The van der Waals surface area contributed by atoms with Crippen LogP contribution in [0.3, 0.4) is 0 Å². The molecule has 0 saturated heterocycles. The Hall–Kier alpha value is -2.58. The van der Waals surface area contributed by atoms with Crippen LogP contribution in [0.1, 0.15) is 17.3 Å². The van der Waals surface area contributed by atoms with E-state index < -0.39 is 0 Å². The fraction of sp³-hybridized carbons (Fsp3) is 0.211. The summed E-state index contributed by atoms with van der Waals surface area (Å²) in [5, 5.41) is 11.3. The van der Waals surface area contributed by atoms with Crippen molar-refractivity contribution in [1.82, 2.24) is 10.2 Å². The van der Waals surface area contributed by atoms with E-state index in [0.717, 1.165) is 15.8 Å². The summed E-state index contributed by atoms with van der Waals surface area (Å²) < 4.78 is 12.2. The molecule has 27 heavy (non-hydrogen) atoms. The minimum absolute atomic E-state index is 0.279. The van der Waals surface area contributed by atoms with Gasteiger partial charge in [0.05, 0.1) is 5.56 Å². The number of thioether (sulfide) groups is 1. The number of benzene rings is 2. The van der Waals surface area contributed by atoms with Crippen LogP contribution in [0.4, 0.5) is 5.13 Å². The van der Waals surface area contributed by atoms with Gasteiger partial charge in [0, 0.05) is 0 Å². The van der Waals surface area contributed by atoms with Crippen LogP contribution in [-0.4, -0.2) is 35.1 Å². The van der Waals surface area contributed by atoms with E-state index in [9.17, 15) is 4.79 Å². The highest BCUT2D eigenvalue weighted by molar-refractivity contribution is 8.01. The van der Waals surface area contributed by atoms with Gasteiger partial charge in [0.25, 0.3) is 5.91 Å². The van der Waals surface area contributed by atoms with Crippen molar-refractivity contribution in [2.75, 3.05) is 24.3 Å². The third-order valence-corrected chi connectivity index (χ3v) is 5.23. The summed E-state index contributed by atoms with van der Waals surface area (Å²) in [4.78, 5) is 12.6. The van der Waals surface area contributed by atoms with Crippen LogP contribution in [0.2, 0.25) is 0 Å². The van der Waals surface area contributed by atoms with Crippen molar-refractivity contribution in [3.05, 3.63) is 60.2 Å². The average molecular weight is 402 g/mol. The molecule has 0 spiro atoms. The van der Waals surface area contributed by atoms with Gasteiger partial charge >= 0.3 is 0 Å². The van der Waals surface area contributed by atoms with E-state index in [1.165, 1.54) is 11.3 Å². The second kappa shape index (κ2) is 9.94. The number of ether oxygens (including phenoxy) is 2. The molecule has 1 N–H and O–H groups in total. The van der Waals surface area contributed by atoms with Crippen molar-refractivity contribution in [1.29, 1.82) is 0 Å². The molecular formula is C19H19N3O3S2. The molecule has 0 unspecified atom stereocenters. The highest BCUT2D eigenvalue weighted by Gasteiger charge is 2.14. The van der Waals surface area contributed by atoms with Gasteiger partial charge in [0.2, 0.25) is 5.13 Å². The van der Waals surface area contributed by atoms with E-state index in [0.29, 0.717) is 29.7 Å². The van der Waals surface area contributed by atoms with Crippen molar-refractivity contribution < 1.29 is 14.3 Å². The van der Waals surface area contributed by atoms with Crippen LogP contribution in [0.15, 0.2) is 58.9 Å². The van der Waals surface area contributed by atoms with Gasteiger partial charge in [-0.2, -0.15) is 0 Å². The van der Waals surface area contributed by atoms with Gasteiger partial charge in [-0.3, -0.25) is 10.1 Å². The largest absolute Gasteiger partial charge is 0.490 e. The lowest BCUT2D eigenvalue weighted by Crippen LogP contribution is -2.15. The molecule has 0 saturated carbocycles. The first-order chi connectivity index (χ1) is 13.3. The fourth-order valence-electron chi connectivity index (χ4n) is 2.21. The van der Waals surface area contributed by atoms with Crippen molar-refractivity contribution in [3.8, 4) is 11.5 Å². The number of para-hydroxylation sites is 2. The second-order valence-electron chi connectivity index (χ2n) is 5.27. The van der Waals surface area contributed by atoms with Crippen molar-refractivity contribution in [3.63, 3.8) is 0 Å². The Labute approximate surface area is 165 Å². The van der Waals surface area contributed by atoms with Crippen molar-refractivity contribution in [2.24, 2.45) is 0 Å². The van der Waals surface area contributed by atoms with Crippen molar-refractivity contribution in [2.45, 2.75) is 11.3 Å². The van der Waals surface area contributed by atoms with Crippen molar-refractivity contribution >= 4 is 34.1 Å². The van der Waals surface area contributed by atoms with Crippen LogP contribution in [0, 0.1) is 0 Å². The van der Waals surface area contributed by atoms with E-state index >= 15 is 0 Å².